The molecule has 0 saturated carbocycles. The molecule has 0 aliphatic carbocycles. The van der Waals surface area contributed by atoms with E-state index in [2.05, 4.69) is 35.4 Å². The van der Waals surface area contributed by atoms with Crippen molar-refractivity contribution >= 4 is 22.5 Å². The molecule has 1 aromatic heterocycles. The Morgan fingerprint density at radius 1 is 1.15 bits per heavy atom. The lowest BCUT2D eigenvalue weighted by Gasteiger charge is -2.06. The number of aliphatic hydroxyl groups is 1. The van der Waals surface area contributed by atoms with Crippen molar-refractivity contribution in [2.24, 2.45) is 7.05 Å². The van der Waals surface area contributed by atoms with E-state index in [-0.39, 0.29) is 6.61 Å². The maximum Gasteiger partial charge on any atom is 0.104 e. The predicted octanol–water partition coefficient (Wildman–Crippen LogP) is 3.53. The molecule has 0 radical (unpaired) electrons. The monoisotopic (exact) mass is 284 g/mol. The Morgan fingerprint density at radius 2 is 1.90 bits per heavy atom. The number of nitrogens with zero attached hydrogens (tertiary/aromatic N) is 2. The highest BCUT2D eigenvalue weighted by Gasteiger charge is 2.13. The topological polar surface area (TPSA) is 38.0 Å². The second-order valence-electron chi connectivity index (χ2n) is 4.76. The third kappa shape index (κ3) is 2.32. The Labute approximate surface area is 122 Å². The van der Waals surface area contributed by atoms with Gasteiger partial charge in [0.2, 0.25) is 0 Å². The van der Waals surface area contributed by atoms with E-state index in [0.29, 0.717) is 0 Å². The van der Waals surface area contributed by atoms with Gasteiger partial charge in [0.15, 0.2) is 0 Å². The Morgan fingerprint density at radius 3 is 2.65 bits per heavy atom. The number of fused-ring (bicyclic) bond motifs is 1. The quantitative estimate of drug-likeness (QED) is 0.799. The van der Waals surface area contributed by atoms with Gasteiger partial charge in [-0.25, -0.2) is 0 Å². The van der Waals surface area contributed by atoms with Crippen molar-refractivity contribution in [3.63, 3.8) is 0 Å². The minimum Gasteiger partial charge on any atom is -0.392 e. The van der Waals surface area contributed by atoms with Crippen LogP contribution in [-0.4, -0.2) is 14.9 Å². The Balaban J connectivity index is 2.01. The molecule has 20 heavy (non-hydrogen) atoms. The third-order valence-corrected chi connectivity index (χ3v) is 4.58. The summed E-state index contributed by atoms with van der Waals surface area (Å²) in [5.41, 5.74) is 1.80. The van der Waals surface area contributed by atoms with Crippen molar-refractivity contribution in [3.05, 3.63) is 53.7 Å². The fourth-order valence-corrected chi connectivity index (χ4v) is 3.39. The van der Waals surface area contributed by atoms with Crippen molar-refractivity contribution in [2.75, 3.05) is 0 Å². The highest BCUT2D eigenvalue weighted by atomic mass is 32.2. The molecular weight excluding hydrogens is 268 g/mol. The van der Waals surface area contributed by atoms with Gasteiger partial charge in [-0.2, -0.15) is 5.10 Å². The molecule has 0 atom stereocenters. The van der Waals surface area contributed by atoms with Gasteiger partial charge in [0.05, 0.1) is 12.3 Å². The van der Waals surface area contributed by atoms with Crippen LogP contribution in [0.25, 0.3) is 10.8 Å². The number of rotatable bonds is 3. The summed E-state index contributed by atoms with van der Waals surface area (Å²) < 4.78 is 1.83. The largest absolute Gasteiger partial charge is 0.392 e. The average molecular weight is 284 g/mol. The Bertz CT molecular complexity index is 764. The number of aliphatic hydroxyl groups excluding tert-OH is 1. The summed E-state index contributed by atoms with van der Waals surface area (Å²) in [6.07, 6.45) is 0. The van der Waals surface area contributed by atoms with Gasteiger partial charge in [0.1, 0.15) is 5.03 Å². The molecule has 4 heteroatoms. The maximum atomic E-state index is 9.50. The second-order valence-corrected chi connectivity index (χ2v) is 5.82. The molecule has 0 bridgehead atoms. The van der Waals surface area contributed by atoms with E-state index in [0.717, 1.165) is 21.2 Å². The van der Waals surface area contributed by atoms with Crippen molar-refractivity contribution in [2.45, 2.75) is 23.5 Å². The number of benzene rings is 2. The van der Waals surface area contributed by atoms with Crippen LogP contribution >= 0.6 is 11.8 Å². The zero-order valence-electron chi connectivity index (χ0n) is 11.5. The SMILES string of the molecule is Cc1nn(C)c(Sc2ccc3ccccc3c2)c1CO. The summed E-state index contributed by atoms with van der Waals surface area (Å²) in [4.78, 5) is 1.15. The molecule has 0 spiro atoms. The van der Waals surface area contributed by atoms with Crippen LogP contribution in [0.3, 0.4) is 0 Å². The first kappa shape index (κ1) is 13.2. The van der Waals surface area contributed by atoms with Crippen LogP contribution in [0.2, 0.25) is 0 Å². The molecule has 3 aromatic rings. The summed E-state index contributed by atoms with van der Waals surface area (Å²) in [7, 11) is 1.91. The van der Waals surface area contributed by atoms with Gasteiger partial charge in [-0.15, -0.1) is 0 Å². The predicted molar refractivity (Wildman–Crippen MR) is 81.9 cm³/mol. The molecule has 3 nitrogen and oxygen atoms in total. The van der Waals surface area contributed by atoms with Gasteiger partial charge < -0.3 is 5.11 Å². The van der Waals surface area contributed by atoms with Crippen LogP contribution in [0, 0.1) is 6.92 Å². The molecule has 0 fully saturated rings. The van der Waals surface area contributed by atoms with E-state index in [1.165, 1.54) is 10.8 Å². The lowest BCUT2D eigenvalue weighted by atomic mass is 10.1. The standard InChI is InChI=1S/C16H16N2OS/c1-11-15(10-19)16(18(2)17-11)20-14-8-7-12-5-3-4-6-13(12)9-14/h3-9,19H,10H2,1-2H3. The van der Waals surface area contributed by atoms with Crippen LogP contribution < -0.4 is 0 Å². The fourth-order valence-electron chi connectivity index (χ4n) is 2.33. The molecule has 1 heterocycles. The van der Waals surface area contributed by atoms with Crippen LogP contribution in [0.5, 0.6) is 0 Å². The summed E-state index contributed by atoms with van der Waals surface area (Å²) in [5.74, 6) is 0. The van der Waals surface area contributed by atoms with Crippen LogP contribution in [0.1, 0.15) is 11.3 Å². The number of hydrogen-bond donors (Lipinski definition) is 1. The van der Waals surface area contributed by atoms with Crippen LogP contribution in [0.4, 0.5) is 0 Å². The first-order valence-electron chi connectivity index (χ1n) is 6.49. The maximum absolute atomic E-state index is 9.50. The second kappa shape index (κ2) is 5.31. The summed E-state index contributed by atoms with van der Waals surface area (Å²) in [5, 5.41) is 17.3. The average Bonchev–Trinajstić information content (AvgIpc) is 2.72. The van der Waals surface area contributed by atoms with Gasteiger partial charge in [-0.3, -0.25) is 4.68 Å². The van der Waals surface area contributed by atoms with Gasteiger partial charge in [0, 0.05) is 17.5 Å². The zero-order valence-corrected chi connectivity index (χ0v) is 12.3. The number of hydrogen-bond acceptors (Lipinski definition) is 3. The molecule has 0 unspecified atom stereocenters. The van der Waals surface area contributed by atoms with Gasteiger partial charge in [0.25, 0.3) is 0 Å². The van der Waals surface area contributed by atoms with E-state index in [4.69, 9.17) is 0 Å². The molecule has 2 aromatic carbocycles. The van der Waals surface area contributed by atoms with Gasteiger partial charge >= 0.3 is 0 Å². The molecule has 0 aliphatic heterocycles. The van der Waals surface area contributed by atoms with Crippen molar-refractivity contribution in [3.8, 4) is 0 Å². The van der Waals surface area contributed by atoms with Crippen molar-refractivity contribution in [1.29, 1.82) is 0 Å². The van der Waals surface area contributed by atoms with E-state index >= 15 is 0 Å². The lowest BCUT2D eigenvalue weighted by molar-refractivity contribution is 0.277. The van der Waals surface area contributed by atoms with Gasteiger partial charge in [-0.05, 0) is 29.8 Å². The summed E-state index contributed by atoms with van der Waals surface area (Å²) in [6, 6.07) is 14.7. The number of aromatic nitrogens is 2. The first-order chi connectivity index (χ1) is 9.69. The highest BCUT2D eigenvalue weighted by Crippen LogP contribution is 2.33. The molecular formula is C16H16N2OS. The van der Waals surface area contributed by atoms with Crippen LogP contribution in [0.15, 0.2) is 52.4 Å². The molecule has 102 valence electrons. The highest BCUT2D eigenvalue weighted by molar-refractivity contribution is 7.99. The van der Waals surface area contributed by atoms with E-state index in [1.807, 2.05) is 30.8 Å². The van der Waals surface area contributed by atoms with E-state index in [9.17, 15) is 5.11 Å². The summed E-state index contributed by atoms with van der Waals surface area (Å²) >= 11 is 1.64. The van der Waals surface area contributed by atoms with Crippen molar-refractivity contribution < 1.29 is 5.11 Å². The summed E-state index contributed by atoms with van der Waals surface area (Å²) in [6.45, 7) is 1.95. The molecule has 1 N–H and O–H groups in total. The van der Waals surface area contributed by atoms with Gasteiger partial charge in [-0.1, -0.05) is 42.1 Å². The minimum absolute atomic E-state index is 0.0234. The van der Waals surface area contributed by atoms with Crippen LogP contribution in [-0.2, 0) is 13.7 Å². The van der Waals surface area contributed by atoms with E-state index in [1.54, 1.807) is 11.8 Å². The minimum atomic E-state index is 0.0234. The Hall–Kier alpha value is -1.78. The smallest absolute Gasteiger partial charge is 0.104 e. The number of aryl methyl sites for hydroxylation is 2. The molecule has 0 saturated heterocycles. The third-order valence-electron chi connectivity index (χ3n) is 3.38. The first-order valence-corrected chi connectivity index (χ1v) is 7.30. The van der Waals surface area contributed by atoms with E-state index < -0.39 is 0 Å². The fraction of sp³-hybridized carbons (Fsp3) is 0.188. The normalized spacial score (nSPS) is 11.2. The molecule has 0 amide bonds. The zero-order chi connectivity index (χ0) is 14.1. The Kier molecular flexibility index (Phi) is 3.51. The molecule has 0 aliphatic rings. The molecule has 3 rings (SSSR count). The lowest BCUT2D eigenvalue weighted by Crippen LogP contribution is -1.93. The van der Waals surface area contributed by atoms with Crippen molar-refractivity contribution in [1.82, 2.24) is 9.78 Å².